The molecule has 5 nitrogen and oxygen atoms in total. The van der Waals surface area contributed by atoms with Crippen LogP contribution in [0.1, 0.15) is 18.9 Å². The van der Waals surface area contributed by atoms with E-state index in [2.05, 4.69) is 5.32 Å². The van der Waals surface area contributed by atoms with Crippen LogP contribution in [0.2, 0.25) is 0 Å². The molecular formula is C20H25NO4. The molecule has 2 rings (SSSR count). The van der Waals surface area contributed by atoms with Crippen molar-refractivity contribution >= 4 is 5.91 Å². The molecule has 0 aliphatic rings. The van der Waals surface area contributed by atoms with Crippen molar-refractivity contribution in [2.45, 2.75) is 25.9 Å². The zero-order valence-electron chi connectivity index (χ0n) is 15.0. The van der Waals surface area contributed by atoms with E-state index in [1.807, 2.05) is 55.5 Å². The third-order valence-corrected chi connectivity index (χ3v) is 3.85. The van der Waals surface area contributed by atoms with Crippen LogP contribution in [0.15, 0.2) is 48.5 Å². The van der Waals surface area contributed by atoms with Crippen LogP contribution in [0.4, 0.5) is 0 Å². The number of carbonyl (C=O) groups is 1. The van der Waals surface area contributed by atoms with E-state index in [-0.39, 0.29) is 5.91 Å². The number of para-hydroxylation sites is 1. The lowest BCUT2D eigenvalue weighted by molar-refractivity contribution is -0.128. The van der Waals surface area contributed by atoms with Gasteiger partial charge in [-0.15, -0.1) is 0 Å². The highest BCUT2D eigenvalue weighted by atomic mass is 16.5. The van der Waals surface area contributed by atoms with E-state index in [1.165, 1.54) is 0 Å². The summed E-state index contributed by atoms with van der Waals surface area (Å²) in [5.74, 6) is 1.97. The van der Waals surface area contributed by atoms with Gasteiger partial charge in [0.05, 0.1) is 14.2 Å². The van der Waals surface area contributed by atoms with Gasteiger partial charge in [-0.3, -0.25) is 4.79 Å². The summed E-state index contributed by atoms with van der Waals surface area (Å²) in [7, 11) is 3.21. The maximum absolute atomic E-state index is 12.3. The molecule has 0 spiro atoms. The van der Waals surface area contributed by atoms with Gasteiger partial charge >= 0.3 is 0 Å². The van der Waals surface area contributed by atoms with Crippen LogP contribution in [-0.2, 0) is 11.2 Å². The number of methoxy groups -OCH3 is 2. The maximum Gasteiger partial charge on any atom is 0.261 e. The van der Waals surface area contributed by atoms with E-state index in [0.717, 1.165) is 5.56 Å². The molecule has 0 unspecified atom stereocenters. The van der Waals surface area contributed by atoms with Crippen molar-refractivity contribution in [3.8, 4) is 17.2 Å². The Bertz CT molecular complexity index is 673. The summed E-state index contributed by atoms with van der Waals surface area (Å²) < 4.78 is 16.3. The van der Waals surface area contributed by atoms with Gasteiger partial charge in [-0.05, 0) is 42.7 Å². The Balaban J connectivity index is 1.86. The second-order valence-electron chi connectivity index (χ2n) is 5.56. The molecule has 1 atom stereocenters. The van der Waals surface area contributed by atoms with Crippen molar-refractivity contribution in [2.75, 3.05) is 20.8 Å². The molecule has 0 saturated heterocycles. The molecule has 2 aromatic rings. The summed E-state index contributed by atoms with van der Waals surface area (Å²) in [4.78, 5) is 12.3. The number of nitrogens with one attached hydrogen (secondary N) is 1. The Hall–Kier alpha value is -2.69. The van der Waals surface area contributed by atoms with Gasteiger partial charge < -0.3 is 19.5 Å². The van der Waals surface area contributed by atoms with Crippen LogP contribution in [0.25, 0.3) is 0 Å². The van der Waals surface area contributed by atoms with Crippen molar-refractivity contribution in [2.24, 2.45) is 0 Å². The van der Waals surface area contributed by atoms with Gasteiger partial charge in [0.1, 0.15) is 5.75 Å². The maximum atomic E-state index is 12.3. The van der Waals surface area contributed by atoms with Crippen molar-refractivity contribution in [3.05, 3.63) is 54.1 Å². The van der Waals surface area contributed by atoms with Gasteiger partial charge in [0.15, 0.2) is 17.6 Å². The first-order chi connectivity index (χ1) is 12.2. The van der Waals surface area contributed by atoms with Crippen molar-refractivity contribution < 1.29 is 19.0 Å². The number of ether oxygens (including phenoxy) is 3. The summed E-state index contributed by atoms with van der Waals surface area (Å²) in [5.41, 5.74) is 1.06. The van der Waals surface area contributed by atoms with Crippen LogP contribution in [0.3, 0.4) is 0 Å². The van der Waals surface area contributed by atoms with Gasteiger partial charge in [-0.2, -0.15) is 0 Å². The fraction of sp³-hybridized carbons (Fsp3) is 0.350. The highest BCUT2D eigenvalue weighted by Crippen LogP contribution is 2.27. The number of benzene rings is 2. The number of carbonyl (C=O) groups excluding carboxylic acids is 1. The molecule has 0 heterocycles. The molecule has 0 aliphatic heterocycles. The van der Waals surface area contributed by atoms with E-state index in [9.17, 15) is 4.79 Å². The first kappa shape index (κ1) is 18.6. The molecule has 0 fully saturated rings. The Morgan fingerprint density at radius 2 is 1.76 bits per heavy atom. The molecule has 0 aliphatic carbocycles. The molecule has 2 aromatic carbocycles. The monoisotopic (exact) mass is 343 g/mol. The molecule has 1 N–H and O–H groups in total. The second-order valence-corrected chi connectivity index (χ2v) is 5.56. The number of rotatable bonds is 9. The normalized spacial score (nSPS) is 11.5. The molecule has 0 aromatic heterocycles. The summed E-state index contributed by atoms with van der Waals surface area (Å²) in [6.07, 6.45) is 0.818. The third kappa shape index (κ3) is 5.41. The van der Waals surface area contributed by atoms with Gasteiger partial charge in [-0.1, -0.05) is 31.2 Å². The topological polar surface area (TPSA) is 56.8 Å². The largest absolute Gasteiger partial charge is 0.493 e. The first-order valence-electron chi connectivity index (χ1n) is 8.38. The average Bonchev–Trinajstić information content (AvgIpc) is 2.66. The fourth-order valence-electron chi connectivity index (χ4n) is 2.47. The van der Waals surface area contributed by atoms with E-state index >= 15 is 0 Å². The quantitative estimate of drug-likeness (QED) is 0.759. The average molecular weight is 343 g/mol. The van der Waals surface area contributed by atoms with Crippen molar-refractivity contribution in [1.82, 2.24) is 5.32 Å². The minimum Gasteiger partial charge on any atom is -0.493 e. The van der Waals surface area contributed by atoms with Crippen LogP contribution in [0.5, 0.6) is 17.2 Å². The lowest BCUT2D eigenvalue weighted by Gasteiger charge is -2.17. The number of amides is 1. The van der Waals surface area contributed by atoms with E-state index in [1.54, 1.807) is 14.2 Å². The lowest BCUT2D eigenvalue weighted by atomic mass is 10.1. The van der Waals surface area contributed by atoms with Gasteiger partial charge in [0.2, 0.25) is 0 Å². The van der Waals surface area contributed by atoms with Crippen LogP contribution in [0, 0.1) is 0 Å². The Labute approximate surface area is 148 Å². The standard InChI is InChI=1S/C20H25NO4/c1-4-17(25-16-8-6-5-7-9-16)20(22)21-13-12-15-10-11-18(23-2)19(14-15)24-3/h5-11,14,17H,4,12-13H2,1-3H3,(H,21,22)/t17-/m0/s1. The van der Waals surface area contributed by atoms with E-state index in [0.29, 0.717) is 36.6 Å². The van der Waals surface area contributed by atoms with Gasteiger partial charge in [0, 0.05) is 6.54 Å². The molecule has 1 amide bonds. The molecular weight excluding hydrogens is 318 g/mol. The van der Waals surface area contributed by atoms with Crippen molar-refractivity contribution in [1.29, 1.82) is 0 Å². The first-order valence-corrected chi connectivity index (χ1v) is 8.38. The lowest BCUT2D eigenvalue weighted by Crippen LogP contribution is -2.38. The molecule has 0 radical (unpaired) electrons. The second kappa shape index (κ2) is 9.57. The Morgan fingerprint density at radius 1 is 1.04 bits per heavy atom. The van der Waals surface area contributed by atoms with Gasteiger partial charge in [-0.25, -0.2) is 0 Å². The highest BCUT2D eigenvalue weighted by molar-refractivity contribution is 5.81. The SMILES string of the molecule is CC[C@H](Oc1ccccc1)C(=O)NCCc1ccc(OC)c(OC)c1. The predicted octanol–water partition coefficient (Wildman–Crippen LogP) is 3.22. The van der Waals surface area contributed by atoms with Crippen molar-refractivity contribution in [3.63, 3.8) is 0 Å². The van der Waals surface area contributed by atoms with Crippen LogP contribution in [-0.4, -0.2) is 32.8 Å². The van der Waals surface area contributed by atoms with E-state index in [4.69, 9.17) is 14.2 Å². The molecule has 0 saturated carbocycles. The summed E-state index contributed by atoms with van der Waals surface area (Å²) >= 11 is 0. The molecule has 134 valence electrons. The van der Waals surface area contributed by atoms with Gasteiger partial charge in [0.25, 0.3) is 5.91 Å². The summed E-state index contributed by atoms with van der Waals surface area (Å²) in [6, 6.07) is 15.1. The number of hydrogen-bond acceptors (Lipinski definition) is 4. The minimum absolute atomic E-state index is 0.105. The number of hydrogen-bond donors (Lipinski definition) is 1. The third-order valence-electron chi connectivity index (χ3n) is 3.85. The Kier molecular flexibility index (Phi) is 7.14. The fourth-order valence-corrected chi connectivity index (χ4v) is 2.47. The van der Waals surface area contributed by atoms with E-state index < -0.39 is 6.10 Å². The zero-order valence-corrected chi connectivity index (χ0v) is 15.0. The smallest absolute Gasteiger partial charge is 0.261 e. The molecule has 25 heavy (non-hydrogen) atoms. The minimum atomic E-state index is -0.493. The summed E-state index contributed by atoms with van der Waals surface area (Å²) in [6.45, 7) is 2.46. The van der Waals surface area contributed by atoms with Crippen LogP contribution >= 0.6 is 0 Å². The Morgan fingerprint density at radius 3 is 2.40 bits per heavy atom. The highest BCUT2D eigenvalue weighted by Gasteiger charge is 2.17. The zero-order chi connectivity index (χ0) is 18.1. The molecule has 5 heteroatoms. The van der Waals surface area contributed by atoms with Crippen LogP contribution < -0.4 is 19.5 Å². The molecule has 0 bridgehead atoms. The summed E-state index contributed by atoms with van der Waals surface area (Å²) in [5, 5.41) is 2.93. The predicted molar refractivity (Wildman–Crippen MR) is 97.4 cm³/mol.